The summed E-state index contributed by atoms with van der Waals surface area (Å²) in [5.74, 6) is -12.1. The zero-order chi connectivity index (χ0) is 63.5. The van der Waals surface area contributed by atoms with Gasteiger partial charge in [0.05, 0.1) is 13.2 Å². The number of nitrogens with zero attached hydrogens (tertiary/aromatic N) is 1. The number of amides is 10. The maximum atomic E-state index is 14.4. The SMILES string of the molecule is CC[C@H](Cc1ccccc1)C(=O)N[C@H](C(=O)N[C@@H](CO)C(=O)N[C@H](CCCN=C(N)N)C(=O)N[C@@H](C(=O)N[C@H](C(=O)N[C@@H](CO)C(=O)N[C@H]1C(=O)N[C@@H](C)C(=O)N[C@@H](C)C(=O)N[C@@H]([C@@H](C)CC)C(=O)O[C@H]1C)[C@@H](C)CC)[C@H](C)CC)[C@@H](C)CC. The Morgan fingerprint density at radius 1 is 0.571 bits per heavy atom. The normalized spacial score (nSPS) is 21.5. The summed E-state index contributed by atoms with van der Waals surface area (Å²) in [7, 11) is 0. The molecule has 0 aliphatic carbocycles. The molecule has 84 heavy (non-hydrogen) atoms. The third-order valence-corrected chi connectivity index (χ3v) is 15.4. The zero-order valence-corrected chi connectivity index (χ0v) is 50.8. The molecule has 1 aromatic carbocycles. The van der Waals surface area contributed by atoms with Crippen LogP contribution in [0.3, 0.4) is 0 Å². The number of guanidine groups is 1. The van der Waals surface area contributed by atoms with Crippen LogP contribution in [0.15, 0.2) is 35.3 Å². The number of ether oxygens (including phenoxy) is 1. The summed E-state index contributed by atoms with van der Waals surface area (Å²) in [5.41, 5.74) is 12.0. The third-order valence-electron chi connectivity index (χ3n) is 15.4. The Morgan fingerprint density at radius 2 is 1.01 bits per heavy atom. The van der Waals surface area contributed by atoms with Crippen molar-refractivity contribution in [2.45, 2.75) is 201 Å². The highest BCUT2D eigenvalue weighted by molar-refractivity contribution is 5.99. The summed E-state index contributed by atoms with van der Waals surface area (Å²) in [6, 6.07) is -4.64. The van der Waals surface area contributed by atoms with Gasteiger partial charge in [-0.1, -0.05) is 118 Å². The van der Waals surface area contributed by atoms with Crippen LogP contribution < -0.4 is 64.6 Å². The highest BCUT2D eigenvalue weighted by Crippen LogP contribution is 2.18. The van der Waals surface area contributed by atoms with Crippen LogP contribution in [-0.4, -0.2) is 167 Å². The lowest BCUT2D eigenvalue weighted by Crippen LogP contribution is -2.63. The van der Waals surface area contributed by atoms with E-state index in [4.69, 9.17) is 16.2 Å². The molecule has 27 heteroatoms. The van der Waals surface area contributed by atoms with Gasteiger partial charge in [0.1, 0.15) is 66.5 Å². The second-order valence-corrected chi connectivity index (χ2v) is 21.9. The van der Waals surface area contributed by atoms with Gasteiger partial charge in [-0.2, -0.15) is 0 Å². The topological polar surface area (TPSA) is 422 Å². The summed E-state index contributed by atoms with van der Waals surface area (Å²) in [6.45, 7) is 17.7. The van der Waals surface area contributed by atoms with E-state index < -0.39 is 168 Å². The first kappa shape index (κ1) is 72.7. The van der Waals surface area contributed by atoms with Gasteiger partial charge in [-0.05, 0) is 75.7 Å². The van der Waals surface area contributed by atoms with E-state index in [2.05, 4.69) is 58.2 Å². The number of carbonyl (C=O) groups excluding carboxylic acids is 11. The van der Waals surface area contributed by atoms with Crippen LogP contribution in [0.4, 0.5) is 0 Å². The first-order chi connectivity index (χ1) is 39.6. The zero-order valence-electron chi connectivity index (χ0n) is 50.8. The number of hydrogen-bond donors (Lipinski definition) is 14. The quantitative estimate of drug-likeness (QED) is 0.0171. The Balaban J connectivity index is 2.42. The number of esters is 1. The minimum absolute atomic E-state index is 0.0205. The van der Waals surface area contributed by atoms with Gasteiger partial charge in [0.2, 0.25) is 59.1 Å². The smallest absolute Gasteiger partial charge is 0.329 e. The molecular formula is C57H95N13O14. The molecule has 0 spiro atoms. The fourth-order valence-electron chi connectivity index (χ4n) is 8.85. The molecule has 1 fully saturated rings. The molecule has 2 rings (SSSR count). The highest BCUT2D eigenvalue weighted by atomic mass is 16.5. The molecule has 1 saturated heterocycles. The average Bonchev–Trinajstić information content (AvgIpc) is 3.60. The van der Waals surface area contributed by atoms with E-state index in [9.17, 15) is 63.0 Å². The predicted molar refractivity (Wildman–Crippen MR) is 312 cm³/mol. The number of aliphatic imine (C=N–C) groups is 1. The molecule has 1 aromatic rings. The van der Waals surface area contributed by atoms with Gasteiger partial charge in [0.15, 0.2) is 5.96 Å². The van der Waals surface area contributed by atoms with Crippen LogP contribution in [0, 0.1) is 29.6 Å². The monoisotopic (exact) mass is 1190 g/mol. The first-order valence-corrected chi connectivity index (χ1v) is 29.2. The van der Waals surface area contributed by atoms with Crippen molar-refractivity contribution in [3.63, 3.8) is 0 Å². The molecule has 0 aromatic heterocycles. The molecule has 16 N–H and O–H groups in total. The van der Waals surface area contributed by atoms with E-state index in [0.717, 1.165) is 5.56 Å². The molecule has 10 amide bonds. The van der Waals surface area contributed by atoms with Crippen LogP contribution in [-0.2, 0) is 63.9 Å². The average molecular weight is 1190 g/mol. The van der Waals surface area contributed by atoms with E-state index in [-0.39, 0.29) is 37.7 Å². The molecule has 0 unspecified atom stereocenters. The standard InChI is InChI=1S/C57H95N13O14/c1-13-29(6)41(66-48(75)37(17-5)26-36-22-19-18-20-23-36)52(79)64-39(27-71)50(77)63-38(24-21-25-60-57(58)59)49(76)67-43(31(8)15-3)54(81)68-42(30(7)14-2)53(80)65-40(28-72)51(78)70-45-35(12)84-56(83)44(32(9)16-4)69-47(74)34(11)61-46(73)33(10)62-55(45)82/h18-20,22-23,29-35,37-45,71-72H,13-17,21,24-28H2,1-12H3,(H,61,73)(H,62,82)(H,63,77)(H,64,79)(H,65,80)(H,66,75)(H,67,76)(H,68,81)(H,69,74)(H,70,78)(H4,58,59,60)/t29-,30-,31+,32-,33-,34-,35-,37+,38+,39-,40-,41-,42-,43+,44-,45+/m0/s1. The Labute approximate surface area is 493 Å². The number of aliphatic hydroxyl groups excluding tert-OH is 2. The Morgan fingerprint density at radius 3 is 1.49 bits per heavy atom. The largest absolute Gasteiger partial charge is 0.458 e. The summed E-state index contributed by atoms with van der Waals surface area (Å²) < 4.78 is 5.64. The summed E-state index contributed by atoms with van der Waals surface area (Å²) in [4.78, 5) is 156. The number of rotatable bonds is 31. The molecule has 1 aliphatic heterocycles. The lowest BCUT2D eigenvalue weighted by Gasteiger charge is -2.31. The summed E-state index contributed by atoms with van der Waals surface area (Å²) in [5, 5.41) is 46.6. The predicted octanol–water partition coefficient (Wildman–Crippen LogP) is -1.69. The Bertz CT molecular complexity index is 2410. The van der Waals surface area contributed by atoms with Crippen LogP contribution in [0.25, 0.3) is 0 Å². The van der Waals surface area contributed by atoms with Gasteiger partial charge in [0, 0.05) is 12.5 Å². The minimum Gasteiger partial charge on any atom is -0.458 e. The highest BCUT2D eigenvalue weighted by Gasteiger charge is 2.40. The molecule has 27 nitrogen and oxygen atoms in total. The van der Waals surface area contributed by atoms with Crippen LogP contribution in [0.2, 0.25) is 0 Å². The van der Waals surface area contributed by atoms with Crippen molar-refractivity contribution in [3.05, 3.63) is 35.9 Å². The summed E-state index contributed by atoms with van der Waals surface area (Å²) >= 11 is 0. The number of nitrogens with one attached hydrogen (secondary N) is 10. The first-order valence-electron chi connectivity index (χ1n) is 29.2. The maximum Gasteiger partial charge on any atom is 0.329 e. The minimum atomic E-state index is -1.78. The molecule has 0 radical (unpaired) electrons. The lowest BCUT2D eigenvalue weighted by atomic mass is 9.93. The van der Waals surface area contributed by atoms with Crippen LogP contribution in [0.1, 0.15) is 134 Å². The Hall–Kier alpha value is -7.42. The van der Waals surface area contributed by atoms with E-state index in [1.165, 1.54) is 20.8 Å². The molecular weight excluding hydrogens is 1090 g/mol. The molecule has 1 heterocycles. The van der Waals surface area contributed by atoms with E-state index >= 15 is 0 Å². The van der Waals surface area contributed by atoms with Gasteiger partial charge in [0.25, 0.3) is 0 Å². The van der Waals surface area contributed by atoms with Crippen molar-refractivity contribution in [1.82, 2.24) is 53.2 Å². The molecule has 0 saturated carbocycles. The number of benzene rings is 1. The van der Waals surface area contributed by atoms with Crippen molar-refractivity contribution < 1.29 is 67.7 Å². The van der Waals surface area contributed by atoms with Crippen molar-refractivity contribution >= 4 is 71.0 Å². The maximum absolute atomic E-state index is 14.4. The number of cyclic esters (lactones) is 1. The fourth-order valence-corrected chi connectivity index (χ4v) is 8.85. The Kier molecular flexibility index (Phi) is 31.4. The molecule has 16 atom stereocenters. The van der Waals surface area contributed by atoms with Crippen LogP contribution >= 0.6 is 0 Å². The third kappa shape index (κ3) is 22.6. The molecule has 472 valence electrons. The second kappa shape index (κ2) is 36.3. The lowest BCUT2D eigenvalue weighted by molar-refractivity contribution is -0.157. The molecule has 1 aliphatic rings. The van der Waals surface area contributed by atoms with E-state index in [1.54, 1.807) is 48.5 Å². The summed E-state index contributed by atoms with van der Waals surface area (Å²) in [6.07, 6.45) is 0.926. The number of nitrogens with two attached hydrogens (primary N) is 2. The van der Waals surface area contributed by atoms with Gasteiger partial charge in [-0.3, -0.25) is 52.9 Å². The van der Waals surface area contributed by atoms with E-state index in [1.807, 2.05) is 44.2 Å². The number of aliphatic hydroxyl groups is 2. The van der Waals surface area contributed by atoms with Gasteiger partial charge >= 0.3 is 5.97 Å². The molecule has 0 bridgehead atoms. The second-order valence-electron chi connectivity index (χ2n) is 21.9. The number of carbonyl (C=O) groups is 11. The fraction of sp³-hybridized carbons (Fsp3) is 0.684. The van der Waals surface area contributed by atoms with Crippen molar-refractivity contribution in [2.75, 3.05) is 19.8 Å². The van der Waals surface area contributed by atoms with Gasteiger partial charge in [-0.15, -0.1) is 0 Å². The van der Waals surface area contributed by atoms with Gasteiger partial charge in [-0.25, -0.2) is 4.79 Å². The van der Waals surface area contributed by atoms with Crippen molar-refractivity contribution in [1.29, 1.82) is 0 Å². The van der Waals surface area contributed by atoms with E-state index in [0.29, 0.717) is 32.1 Å². The van der Waals surface area contributed by atoms with Gasteiger partial charge < -0.3 is 79.6 Å². The van der Waals surface area contributed by atoms with Crippen molar-refractivity contribution in [2.24, 2.45) is 46.0 Å². The van der Waals surface area contributed by atoms with Crippen LogP contribution in [0.5, 0.6) is 0 Å². The van der Waals surface area contributed by atoms with Crippen molar-refractivity contribution in [3.8, 4) is 0 Å². The number of hydrogen-bond acceptors (Lipinski definition) is 15.